The molecule has 8 rings (SSSR count). The number of carbonyl (C=O) groups excluding carboxylic acids is 4. The number of esters is 1. The molecule has 1 spiro atoms. The van der Waals surface area contributed by atoms with Crippen molar-refractivity contribution in [1.82, 2.24) is 30.2 Å². The Morgan fingerprint density at radius 3 is 2.58 bits per heavy atom. The van der Waals surface area contributed by atoms with Crippen molar-refractivity contribution >= 4 is 34.6 Å². The number of rotatable bonds is 9. The minimum absolute atomic E-state index is 0.0868. The van der Waals surface area contributed by atoms with E-state index in [0.717, 1.165) is 63.1 Å². The molecule has 13 nitrogen and oxygen atoms in total. The summed E-state index contributed by atoms with van der Waals surface area (Å²) < 4.78 is 20.9. The van der Waals surface area contributed by atoms with Crippen molar-refractivity contribution in [2.45, 2.75) is 117 Å². The van der Waals surface area contributed by atoms with E-state index in [4.69, 9.17) is 19.2 Å². The number of nitrogens with zero attached hydrogens (tertiary/aromatic N) is 4. The molecule has 3 fully saturated rings. The number of aryl methyl sites for hydroxylation is 1. The van der Waals surface area contributed by atoms with Gasteiger partial charge in [0.05, 0.1) is 49.2 Å². The molecule has 3 amide bonds. The maximum atomic E-state index is 14.7. The van der Waals surface area contributed by atoms with E-state index in [0.29, 0.717) is 45.3 Å². The number of ether oxygens (including phenoxy) is 3. The number of carbonyl (C=O) groups is 4. The van der Waals surface area contributed by atoms with E-state index >= 15 is 0 Å². The van der Waals surface area contributed by atoms with Crippen molar-refractivity contribution in [1.29, 1.82) is 0 Å². The summed E-state index contributed by atoms with van der Waals surface area (Å²) in [6.07, 6.45) is 5.86. The average Bonchev–Trinajstić information content (AvgIpc) is 3.85. The molecule has 2 aromatic carbocycles. The molecule has 5 atom stereocenters. The van der Waals surface area contributed by atoms with Crippen LogP contribution in [0.5, 0.6) is 0 Å². The van der Waals surface area contributed by atoms with Gasteiger partial charge in [-0.2, -0.15) is 0 Å². The lowest BCUT2D eigenvalue weighted by atomic mass is 9.84. The first-order valence-corrected chi connectivity index (χ1v) is 23.0. The summed E-state index contributed by atoms with van der Waals surface area (Å²) in [4.78, 5) is 61.9. The molecule has 6 heterocycles. The molecular weight excluding hydrogens is 809 g/mol. The number of fused-ring (bicyclic) bond motifs is 6. The van der Waals surface area contributed by atoms with Crippen LogP contribution in [0, 0.1) is 17.3 Å². The van der Waals surface area contributed by atoms with Gasteiger partial charge in [0.25, 0.3) is 5.91 Å². The number of likely N-dealkylation sites (tertiary alicyclic amines) is 1. The van der Waals surface area contributed by atoms with Crippen molar-refractivity contribution in [3.05, 3.63) is 90.3 Å². The number of hydrogen-bond acceptors (Lipinski definition) is 9. The molecule has 64 heavy (non-hydrogen) atoms. The van der Waals surface area contributed by atoms with Crippen molar-refractivity contribution in [3.8, 4) is 22.4 Å². The first-order valence-electron chi connectivity index (χ1n) is 23.0. The minimum Gasteiger partial charge on any atom is -0.464 e. The predicted octanol–water partition coefficient (Wildman–Crippen LogP) is 6.96. The number of methoxy groups -OCH3 is 1. The van der Waals surface area contributed by atoms with E-state index in [1.807, 2.05) is 39.0 Å². The maximum Gasteiger partial charge on any atom is 0.324 e. The fourth-order valence-corrected chi connectivity index (χ4v) is 10.4. The molecule has 4 aromatic rings. The second-order valence-corrected chi connectivity index (χ2v) is 19.4. The average molecular weight is 873 g/mol. The largest absolute Gasteiger partial charge is 0.464 e. The van der Waals surface area contributed by atoms with Gasteiger partial charge in [-0.15, -0.1) is 0 Å². The number of pyridine rings is 1. The lowest BCUT2D eigenvalue weighted by Crippen LogP contribution is -2.63. The SMILES string of the molecule is C=CC(=O)N1CC2(CC[C@H]([C@H](C(=O)N[C@H]3Cc4cccc(c4)-c4ccc5c(c4)c(c(-c4cccnc4[C@H](C)OC)n5CC)CC(C)(C)COC(=O)[C@@H]4CCCN(N4)C3=O)C(C)C)O2)C1. The Balaban J connectivity index is 1.17. The highest BCUT2D eigenvalue weighted by molar-refractivity contribution is 5.95. The van der Waals surface area contributed by atoms with Crippen molar-refractivity contribution in [3.63, 3.8) is 0 Å². The van der Waals surface area contributed by atoms with Crippen LogP contribution in [0.15, 0.2) is 73.4 Å². The Labute approximate surface area is 376 Å². The van der Waals surface area contributed by atoms with Crippen LogP contribution >= 0.6 is 0 Å². The lowest BCUT2D eigenvalue weighted by Gasteiger charge is -2.47. The summed E-state index contributed by atoms with van der Waals surface area (Å²) in [6, 6.07) is 17.2. The van der Waals surface area contributed by atoms with E-state index in [1.165, 1.54) is 11.1 Å². The third-order valence-electron chi connectivity index (χ3n) is 13.8. The van der Waals surface area contributed by atoms with Gasteiger partial charge in [0.15, 0.2) is 0 Å². The van der Waals surface area contributed by atoms with Gasteiger partial charge in [-0.25, -0.2) is 5.43 Å². The van der Waals surface area contributed by atoms with Gasteiger partial charge in [-0.05, 0) is 104 Å². The van der Waals surface area contributed by atoms with Gasteiger partial charge in [-0.1, -0.05) is 64.6 Å². The van der Waals surface area contributed by atoms with Crippen LogP contribution in [-0.2, 0) is 52.8 Å². The third kappa shape index (κ3) is 8.86. The van der Waals surface area contributed by atoms with Gasteiger partial charge in [0, 0.05) is 54.7 Å². The Hall–Kier alpha value is -5.37. The summed E-state index contributed by atoms with van der Waals surface area (Å²) in [5.74, 6) is -1.74. The lowest BCUT2D eigenvalue weighted by molar-refractivity contribution is -0.170. The molecule has 2 N–H and O–H groups in total. The van der Waals surface area contributed by atoms with Crippen molar-refractivity contribution < 1.29 is 33.4 Å². The normalized spacial score (nSPS) is 23.0. The first kappa shape index (κ1) is 45.2. The number of aromatic nitrogens is 2. The Kier molecular flexibility index (Phi) is 12.9. The predicted molar refractivity (Wildman–Crippen MR) is 246 cm³/mol. The highest BCUT2D eigenvalue weighted by Gasteiger charge is 2.53. The molecule has 0 aliphatic carbocycles. The minimum atomic E-state index is -0.942. The van der Waals surface area contributed by atoms with Gasteiger partial charge >= 0.3 is 5.97 Å². The zero-order valence-corrected chi connectivity index (χ0v) is 38.4. The second-order valence-electron chi connectivity index (χ2n) is 19.4. The van der Waals surface area contributed by atoms with Gasteiger partial charge in [0.1, 0.15) is 17.7 Å². The van der Waals surface area contributed by atoms with Crippen LogP contribution in [0.1, 0.15) is 90.2 Å². The monoisotopic (exact) mass is 872 g/mol. The quantitative estimate of drug-likeness (QED) is 0.135. The summed E-state index contributed by atoms with van der Waals surface area (Å²) >= 11 is 0. The van der Waals surface area contributed by atoms with E-state index in [9.17, 15) is 19.2 Å². The van der Waals surface area contributed by atoms with Gasteiger partial charge in [0.2, 0.25) is 11.8 Å². The number of benzene rings is 2. The highest BCUT2D eigenvalue weighted by atomic mass is 16.5. The number of hydrogen-bond donors (Lipinski definition) is 2. The van der Waals surface area contributed by atoms with Crippen LogP contribution in [0.3, 0.4) is 0 Å². The van der Waals surface area contributed by atoms with Crippen molar-refractivity contribution in [2.75, 3.05) is 33.4 Å². The van der Waals surface area contributed by atoms with Crippen LogP contribution < -0.4 is 10.7 Å². The molecule has 4 aliphatic rings. The van der Waals surface area contributed by atoms with E-state index in [1.54, 1.807) is 18.2 Å². The molecule has 2 aromatic heterocycles. The number of nitrogens with one attached hydrogen (secondary N) is 2. The summed E-state index contributed by atoms with van der Waals surface area (Å²) in [5.41, 5.74) is 10.3. The van der Waals surface area contributed by atoms with Crippen LogP contribution in [0.2, 0.25) is 0 Å². The van der Waals surface area contributed by atoms with Gasteiger partial charge in [-0.3, -0.25) is 29.2 Å². The number of hydrazine groups is 1. The fourth-order valence-electron chi connectivity index (χ4n) is 10.4. The summed E-state index contributed by atoms with van der Waals surface area (Å²) in [6.45, 7) is 18.2. The standard InChI is InChI=1S/C51H64N6O7/c1-9-43(58)55-28-51(29-55)21-20-42(64-51)44(31(3)4)47(59)53-40-25-33-14-11-15-34(24-33)35-18-19-41-37(26-35)38(46(56(41)10-2)36-16-12-22-52-45(36)32(5)62-8)27-50(6,7)30-63-49(61)39-17-13-23-57(54-39)48(40)60/h9,11-12,14-16,18-19,22,24,26,31-32,39-40,42,44,54H,1,10,13,17,20-21,23,25,27-30H2,2-8H3,(H,53,59)/t32-,39-,40-,42+,44+/m0/s1. The molecular formula is C51H64N6O7. The van der Waals surface area contributed by atoms with Crippen LogP contribution in [0.4, 0.5) is 0 Å². The maximum absolute atomic E-state index is 14.7. The van der Waals surface area contributed by atoms with Crippen molar-refractivity contribution in [2.24, 2.45) is 17.3 Å². The molecule has 3 saturated heterocycles. The third-order valence-corrected chi connectivity index (χ3v) is 13.8. The van der Waals surface area contributed by atoms with Crippen LogP contribution in [-0.4, -0.2) is 100 Å². The molecule has 0 saturated carbocycles. The van der Waals surface area contributed by atoms with Crippen LogP contribution in [0.25, 0.3) is 33.3 Å². The van der Waals surface area contributed by atoms with E-state index in [-0.39, 0.29) is 48.9 Å². The molecule has 6 bridgehead atoms. The zero-order valence-electron chi connectivity index (χ0n) is 38.4. The van der Waals surface area contributed by atoms with E-state index < -0.39 is 35.0 Å². The molecule has 0 unspecified atom stereocenters. The second kappa shape index (κ2) is 18.3. The summed E-state index contributed by atoms with van der Waals surface area (Å²) in [7, 11) is 1.70. The molecule has 4 aliphatic heterocycles. The highest BCUT2D eigenvalue weighted by Crippen LogP contribution is 2.44. The Bertz CT molecular complexity index is 2430. The first-order chi connectivity index (χ1) is 30.6. The number of amides is 3. The van der Waals surface area contributed by atoms with Gasteiger partial charge < -0.3 is 29.0 Å². The fraction of sp³-hybridized carbons (Fsp3) is 0.510. The Morgan fingerprint density at radius 1 is 1.06 bits per heavy atom. The smallest absolute Gasteiger partial charge is 0.324 e. The topological polar surface area (TPSA) is 144 Å². The summed E-state index contributed by atoms with van der Waals surface area (Å²) in [5, 5.41) is 5.78. The Morgan fingerprint density at radius 2 is 1.84 bits per heavy atom. The zero-order chi connectivity index (χ0) is 45.5. The molecule has 340 valence electrons. The molecule has 13 heteroatoms. The molecule has 0 radical (unpaired) electrons. The van der Waals surface area contributed by atoms with E-state index in [2.05, 4.69) is 79.1 Å². The number of cyclic esters (lactones) is 1.